The molecule has 1 aromatic heterocycles. The van der Waals surface area contributed by atoms with Gasteiger partial charge in [-0.1, -0.05) is 31.0 Å². The zero-order valence-corrected chi connectivity index (χ0v) is 18.5. The van der Waals surface area contributed by atoms with Crippen LogP contribution in [-0.2, 0) is 0 Å². The Balaban J connectivity index is 2.28. The molecule has 0 spiro atoms. The van der Waals surface area contributed by atoms with E-state index in [-0.39, 0.29) is 17.0 Å². The van der Waals surface area contributed by atoms with Gasteiger partial charge in [0.15, 0.2) is 17.2 Å². The van der Waals surface area contributed by atoms with Crippen molar-refractivity contribution in [2.45, 2.75) is 44.5 Å². The van der Waals surface area contributed by atoms with Crippen LogP contribution >= 0.6 is 11.6 Å². The van der Waals surface area contributed by atoms with Crippen molar-refractivity contribution in [3.05, 3.63) is 64.6 Å². The van der Waals surface area contributed by atoms with Crippen molar-refractivity contribution in [3.63, 3.8) is 0 Å². The van der Waals surface area contributed by atoms with Gasteiger partial charge in [0.2, 0.25) is 0 Å². The molecule has 2 unspecified atom stereocenters. The van der Waals surface area contributed by atoms with Crippen LogP contribution in [-0.4, -0.2) is 29.0 Å². The first-order valence-corrected chi connectivity index (χ1v) is 10.3. The van der Waals surface area contributed by atoms with Crippen molar-refractivity contribution >= 4 is 28.2 Å². The molecular formula is C23H23ClF4N2O2. The smallest absolute Gasteiger partial charge is 0.419 e. The Bertz CT molecular complexity index is 1120. The van der Waals surface area contributed by atoms with E-state index in [1.165, 1.54) is 13.0 Å². The molecule has 2 aromatic carbocycles. The molecule has 32 heavy (non-hydrogen) atoms. The quantitative estimate of drug-likeness (QED) is 0.382. The summed E-state index contributed by atoms with van der Waals surface area (Å²) in [5, 5.41) is 14.2. The zero-order valence-electron chi connectivity index (χ0n) is 17.7. The number of nitrogens with zero attached hydrogens (tertiary/aromatic N) is 1. The highest BCUT2D eigenvalue weighted by molar-refractivity contribution is 6.30. The van der Waals surface area contributed by atoms with Gasteiger partial charge in [0.25, 0.3) is 0 Å². The molecule has 0 fully saturated rings. The van der Waals surface area contributed by atoms with E-state index in [0.29, 0.717) is 16.6 Å². The highest BCUT2D eigenvalue weighted by atomic mass is 35.5. The minimum absolute atomic E-state index is 0.0237. The number of methoxy groups -OCH3 is 1. The Hall–Kier alpha value is -2.58. The third-order valence-corrected chi connectivity index (χ3v) is 5.54. The zero-order chi connectivity index (χ0) is 23.7. The molecule has 0 amide bonds. The number of alkyl halides is 3. The summed E-state index contributed by atoms with van der Waals surface area (Å²) in [5.41, 5.74) is -1.90. The summed E-state index contributed by atoms with van der Waals surface area (Å²) in [7, 11) is 1.14. The molecule has 0 aliphatic heterocycles. The molecule has 0 saturated heterocycles. The maximum absolute atomic E-state index is 14.6. The number of fused-ring (bicyclic) bond motifs is 1. The molecule has 9 heteroatoms. The molecule has 1 heterocycles. The van der Waals surface area contributed by atoms with Crippen molar-refractivity contribution in [2.24, 2.45) is 0 Å². The Morgan fingerprint density at radius 2 is 1.91 bits per heavy atom. The van der Waals surface area contributed by atoms with E-state index in [4.69, 9.17) is 16.3 Å². The number of aromatic nitrogens is 1. The molecule has 172 valence electrons. The third kappa shape index (κ3) is 4.47. The lowest BCUT2D eigenvalue weighted by Gasteiger charge is -2.39. The summed E-state index contributed by atoms with van der Waals surface area (Å²) in [6, 6.07) is 8.67. The predicted octanol–water partition coefficient (Wildman–Crippen LogP) is 6.59. The van der Waals surface area contributed by atoms with Crippen LogP contribution in [0.2, 0.25) is 5.02 Å². The summed E-state index contributed by atoms with van der Waals surface area (Å²) in [4.78, 5) is 4.40. The Morgan fingerprint density at radius 1 is 1.19 bits per heavy atom. The number of rotatable bonds is 7. The van der Waals surface area contributed by atoms with Gasteiger partial charge in [-0.2, -0.15) is 13.2 Å². The molecule has 0 radical (unpaired) electrons. The van der Waals surface area contributed by atoms with Crippen molar-refractivity contribution < 1.29 is 27.4 Å². The first-order valence-electron chi connectivity index (χ1n) is 9.96. The topological polar surface area (TPSA) is 54.4 Å². The van der Waals surface area contributed by atoms with Gasteiger partial charge in [-0.25, -0.2) is 4.39 Å². The van der Waals surface area contributed by atoms with Crippen LogP contribution in [0.5, 0.6) is 5.75 Å². The van der Waals surface area contributed by atoms with Crippen molar-refractivity contribution in [3.8, 4) is 5.75 Å². The fourth-order valence-corrected chi connectivity index (χ4v) is 4.05. The molecule has 3 rings (SSSR count). The molecule has 4 nitrogen and oxygen atoms in total. The molecule has 0 bridgehead atoms. The Kier molecular flexibility index (Phi) is 6.86. The van der Waals surface area contributed by atoms with Crippen LogP contribution in [0.4, 0.5) is 23.2 Å². The van der Waals surface area contributed by atoms with E-state index in [1.807, 2.05) is 0 Å². The first-order chi connectivity index (χ1) is 15.0. The van der Waals surface area contributed by atoms with E-state index >= 15 is 0 Å². The van der Waals surface area contributed by atoms with Gasteiger partial charge in [0.05, 0.1) is 18.7 Å². The van der Waals surface area contributed by atoms with Crippen LogP contribution < -0.4 is 10.1 Å². The van der Waals surface area contributed by atoms with Gasteiger partial charge < -0.3 is 15.2 Å². The highest BCUT2D eigenvalue weighted by Crippen LogP contribution is 2.48. The second-order valence-electron chi connectivity index (χ2n) is 7.58. The second kappa shape index (κ2) is 9.11. The minimum atomic E-state index is -5.04. The van der Waals surface area contributed by atoms with Crippen LogP contribution in [0, 0.1) is 12.7 Å². The third-order valence-electron chi connectivity index (χ3n) is 5.32. The SMILES string of the molecule is CCCC(O)(C(Nc1cccc2nc(C)ccc12)c1cc(Cl)cc(F)c1OC)C(F)(F)F. The fraction of sp³-hybridized carbons (Fsp3) is 0.348. The summed E-state index contributed by atoms with van der Waals surface area (Å²) < 4.78 is 62.4. The summed E-state index contributed by atoms with van der Waals surface area (Å²) in [6.07, 6.45) is -5.65. The number of hydrogen-bond acceptors (Lipinski definition) is 4. The van der Waals surface area contributed by atoms with Gasteiger partial charge in [-0.05, 0) is 49.7 Å². The van der Waals surface area contributed by atoms with Gasteiger partial charge in [-0.3, -0.25) is 4.98 Å². The molecule has 0 aliphatic carbocycles. The van der Waals surface area contributed by atoms with Crippen LogP contribution in [0.3, 0.4) is 0 Å². The van der Waals surface area contributed by atoms with Crippen molar-refractivity contribution in [1.29, 1.82) is 0 Å². The number of nitrogens with one attached hydrogen (secondary N) is 1. The Morgan fingerprint density at radius 3 is 2.53 bits per heavy atom. The number of ether oxygens (including phenoxy) is 1. The van der Waals surface area contributed by atoms with E-state index in [2.05, 4.69) is 10.3 Å². The predicted molar refractivity (Wildman–Crippen MR) is 117 cm³/mol. The number of anilines is 1. The van der Waals surface area contributed by atoms with Crippen LogP contribution in [0.25, 0.3) is 10.9 Å². The number of aryl methyl sites for hydroxylation is 1. The van der Waals surface area contributed by atoms with Crippen LogP contribution in [0.15, 0.2) is 42.5 Å². The lowest BCUT2D eigenvalue weighted by molar-refractivity contribution is -0.269. The van der Waals surface area contributed by atoms with Gasteiger partial charge >= 0.3 is 6.18 Å². The van der Waals surface area contributed by atoms with Gasteiger partial charge in [0, 0.05) is 27.4 Å². The van der Waals surface area contributed by atoms with Gasteiger partial charge in [0.1, 0.15) is 0 Å². The number of hydrogen-bond donors (Lipinski definition) is 2. The van der Waals surface area contributed by atoms with E-state index < -0.39 is 35.8 Å². The molecular weight excluding hydrogens is 448 g/mol. The largest absolute Gasteiger partial charge is 0.493 e. The Labute approximate surface area is 188 Å². The molecule has 0 saturated carbocycles. The monoisotopic (exact) mass is 470 g/mol. The average molecular weight is 471 g/mol. The lowest BCUT2D eigenvalue weighted by Crippen LogP contribution is -2.52. The summed E-state index contributed by atoms with van der Waals surface area (Å²) >= 11 is 5.98. The number of pyridine rings is 1. The number of aliphatic hydroxyl groups is 1. The second-order valence-corrected chi connectivity index (χ2v) is 8.02. The van der Waals surface area contributed by atoms with Crippen LogP contribution in [0.1, 0.15) is 37.1 Å². The average Bonchev–Trinajstić information content (AvgIpc) is 2.70. The summed E-state index contributed by atoms with van der Waals surface area (Å²) in [5.74, 6) is -1.36. The van der Waals surface area contributed by atoms with E-state index in [0.717, 1.165) is 18.9 Å². The van der Waals surface area contributed by atoms with E-state index in [1.54, 1.807) is 37.3 Å². The molecule has 2 atom stereocenters. The fourth-order valence-electron chi connectivity index (χ4n) is 3.83. The molecule has 2 N–H and O–H groups in total. The highest BCUT2D eigenvalue weighted by Gasteiger charge is 2.59. The summed E-state index contributed by atoms with van der Waals surface area (Å²) in [6.45, 7) is 3.32. The standard InChI is InChI=1S/C23H23ClF4N2O2/c1-4-10-22(31,23(26,27)28)21(16-11-14(24)12-17(25)20(16)32-3)30-19-7-5-6-18-15(19)9-8-13(2)29-18/h5-9,11-12,21,30-31H,4,10H2,1-3H3. The first kappa shape index (κ1) is 24.1. The maximum atomic E-state index is 14.6. The lowest BCUT2D eigenvalue weighted by atomic mass is 9.83. The minimum Gasteiger partial charge on any atom is -0.493 e. The van der Waals surface area contributed by atoms with Crippen molar-refractivity contribution in [1.82, 2.24) is 4.98 Å². The maximum Gasteiger partial charge on any atom is 0.419 e. The number of benzene rings is 2. The van der Waals surface area contributed by atoms with Crippen molar-refractivity contribution in [2.75, 3.05) is 12.4 Å². The normalized spacial score (nSPS) is 14.8. The van der Waals surface area contributed by atoms with Gasteiger partial charge in [-0.15, -0.1) is 0 Å². The van der Waals surface area contributed by atoms with E-state index in [9.17, 15) is 22.7 Å². The molecule has 0 aliphatic rings. The number of halogens is 5. The molecule has 3 aromatic rings.